The maximum atomic E-state index is 12.3. The lowest BCUT2D eigenvalue weighted by Crippen LogP contribution is -2.24. The number of fused-ring (bicyclic) bond motifs is 1. The van der Waals surface area contributed by atoms with Gasteiger partial charge in [-0.15, -0.1) is 0 Å². The van der Waals surface area contributed by atoms with E-state index in [1.807, 2.05) is 19.1 Å². The molecule has 8 heteroatoms. The predicted molar refractivity (Wildman–Crippen MR) is 109 cm³/mol. The van der Waals surface area contributed by atoms with Gasteiger partial charge in [-0.1, -0.05) is 40.6 Å². The van der Waals surface area contributed by atoms with Crippen LogP contribution in [0.2, 0.25) is 5.02 Å². The molecule has 0 saturated heterocycles. The van der Waals surface area contributed by atoms with Crippen molar-refractivity contribution in [1.82, 2.24) is 4.57 Å². The van der Waals surface area contributed by atoms with Gasteiger partial charge in [-0.2, -0.15) is 4.99 Å². The highest BCUT2D eigenvalue weighted by molar-refractivity contribution is 7.16. The summed E-state index contributed by atoms with van der Waals surface area (Å²) in [7, 11) is 0. The van der Waals surface area contributed by atoms with Gasteiger partial charge >= 0.3 is 5.97 Å². The van der Waals surface area contributed by atoms with Crippen LogP contribution in [0.1, 0.15) is 12.5 Å². The van der Waals surface area contributed by atoms with Crippen LogP contribution in [0, 0.1) is 6.92 Å². The molecule has 3 rings (SSSR count). The zero-order valence-corrected chi connectivity index (χ0v) is 17.0. The summed E-state index contributed by atoms with van der Waals surface area (Å²) in [4.78, 5) is 28.8. The van der Waals surface area contributed by atoms with E-state index in [1.165, 1.54) is 11.3 Å². The first-order chi connectivity index (χ1) is 13.5. The van der Waals surface area contributed by atoms with Crippen LogP contribution in [0.15, 0.2) is 47.5 Å². The van der Waals surface area contributed by atoms with Gasteiger partial charge < -0.3 is 14.0 Å². The number of esters is 1. The average molecular weight is 419 g/mol. The summed E-state index contributed by atoms with van der Waals surface area (Å²) < 4.78 is 13.0. The average Bonchev–Trinajstić information content (AvgIpc) is 2.97. The Labute approximate surface area is 171 Å². The Kier molecular flexibility index (Phi) is 6.49. The molecular weight excluding hydrogens is 400 g/mol. The Balaban J connectivity index is 1.87. The molecule has 0 unspecified atom stereocenters. The number of benzene rings is 2. The second-order valence-electron chi connectivity index (χ2n) is 6.00. The number of thiazole rings is 1. The molecule has 6 nitrogen and oxygen atoms in total. The Morgan fingerprint density at radius 3 is 2.64 bits per heavy atom. The van der Waals surface area contributed by atoms with Gasteiger partial charge in [0.2, 0.25) is 0 Å². The number of hydrogen-bond acceptors (Lipinski definition) is 5. The van der Waals surface area contributed by atoms with Crippen molar-refractivity contribution in [3.63, 3.8) is 0 Å². The summed E-state index contributed by atoms with van der Waals surface area (Å²) in [6.45, 7) is 3.76. The first kappa shape index (κ1) is 20.1. The highest BCUT2D eigenvalue weighted by Gasteiger charge is 2.13. The fourth-order valence-electron chi connectivity index (χ4n) is 2.54. The molecule has 1 aromatic heterocycles. The molecule has 0 spiro atoms. The second-order valence-corrected chi connectivity index (χ2v) is 7.44. The number of aromatic nitrogens is 1. The maximum absolute atomic E-state index is 12.3. The number of carbonyl (C=O) groups excluding carboxylic acids is 2. The fraction of sp³-hybridized carbons (Fsp3) is 0.250. The molecule has 0 bridgehead atoms. The largest absolute Gasteiger partial charge is 0.484 e. The van der Waals surface area contributed by atoms with Gasteiger partial charge in [0.1, 0.15) is 12.3 Å². The molecular formula is C20H19ClN2O4S. The summed E-state index contributed by atoms with van der Waals surface area (Å²) in [5, 5.41) is 0.567. The first-order valence-electron chi connectivity index (χ1n) is 8.68. The summed E-state index contributed by atoms with van der Waals surface area (Å²) in [5.41, 5.74) is 1.86. The Bertz CT molecular complexity index is 1070. The molecule has 0 aliphatic heterocycles. The third-order valence-electron chi connectivity index (χ3n) is 3.84. The number of hydrogen-bond donors (Lipinski definition) is 0. The molecule has 0 atom stereocenters. The lowest BCUT2D eigenvalue weighted by atomic mass is 10.2. The van der Waals surface area contributed by atoms with Crippen LogP contribution in [0.4, 0.5) is 0 Å². The highest BCUT2D eigenvalue weighted by atomic mass is 35.5. The van der Waals surface area contributed by atoms with Crippen molar-refractivity contribution < 1.29 is 19.1 Å². The van der Waals surface area contributed by atoms with Crippen molar-refractivity contribution in [2.45, 2.75) is 20.4 Å². The number of amides is 1. The molecule has 146 valence electrons. The zero-order valence-electron chi connectivity index (χ0n) is 15.5. The third kappa shape index (κ3) is 4.99. The van der Waals surface area contributed by atoms with Crippen molar-refractivity contribution in [1.29, 1.82) is 0 Å². The smallest absolute Gasteiger partial charge is 0.326 e. The maximum Gasteiger partial charge on any atom is 0.326 e. The van der Waals surface area contributed by atoms with Crippen molar-refractivity contribution in [2.24, 2.45) is 4.99 Å². The fourth-order valence-corrected chi connectivity index (χ4v) is 3.86. The molecule has 28 heavy (non-hydrogen) atoms. The molecule has 1 amide bonds. The standard InChI is InChI=1S/C20H19ClN2O4S/c1-3-26-19(25)11-23-16-9-6-14(21)10-17(16)28-20(23)22-18(24)12-27-15-7-4-13(2)5-8-15/h4-10H,3,11-12H2,1-2H3. The molecule has 0 N–H and O–H groups in total. The summed E-state index contributed by atoms with van der Waals surface area (Å²) >= 11 is 7.34. The van der Waals surface area contributed by atoms with E-state index in [2.05, 4.69) is 4.99 Å². The van der Waals surface area contributed by atoms with Crippen molar-refractivity contribution >= 4 is 45.0 Å². The minimum absolute atomic E-state index is 0.0413. The molecule has 0 fully saturated rings. The quantitative estimate of drug-likeness (QED) is 0.572. The van der Waals surface area contributed by atoms with Gasteiger partial charge in [-0.25, -0.2) is 0 Å². The molecule has 0 aliphatic carbocycles. The number of ether oxygens (including phenoxy) is 2. The van der Waals surface area contributed by atoms with Crippen molar-refractivity contribution in [3.05, 3.63) is 57.9 Å². The molecule has 0 aliphatic rings. The minimum atomic E-state index is -0.448. The van der Waals surface area contributed by atoms with Gasteiger partial charge in [0.15, 0.2) is 11.4 Å². The van der Waals surface area contributed by atoms with Crippen LogP contribution >= 0.6 is 22.9 Å². The van der Waals surface area contributed by atoms with E-state index >= 15 is 0 Å². The summed E-state index contributed by atoms with van der Waals surface area (Å²) in [6.07, 6.45) is 0. The third-order valence-corrected chi connectivity index (χ3v) is 5.12. The second kappa shape index (κ2) is 9.03. The number of aryl methyl sites for hydroxylation is 1. The van der Waals surface area contributed by atoms with E-state index < -0.39 is 11.9 Å². The number of carbonyl (C=O) groups is 2. The predicted octanol–water partition coefficient (Wildman–Crippen LogP) is 3.73. The summed E-state index contributed by atoms with van der Waals surface area (Å²) in [6, 6.07) is 12.7. The zero-order chi connectivity index (χ0) is 20.1. The van der Waals surface area contributed by atoms with Crippen molar-refractivity contribution in [2.75, 3.05) is 13.2 Å². The molecule has 1 heterocycles. The Morgan fingerprint density at radius 2 is 1.93 bits per heavy atom. The van der Waals surface area contributed by atoms with Crippen LogP contribution in [0.3, 0.4) is 0 Å². The highest BCUT2D eigenvalue weighted by Crippen LogP contribution is 2.22. The lowest BCUT2D eigenvalue weighted by Gasteiger charge is -2.05. The van der Waals surface area contributed by atoms with Crippen molar-refractivity contribution in [3.8, 4) is 5.75 Å². The molecule has 0 radical (unpaired) electrons. The van der Waals surface area contributed by atoms with Gasteiger partial charge in [0.05, 0.1) is 16.8 Å². The number of halogens is 1. The molecule has 2 aromatic carbocycles. The normalized spacial score (nSPS) is 11.6. The Morgan fingerprint density at radius 1 is 1.18 bits per heavy atom. The van der Waals surface area contributed by atoms with Crippen LogP contribution < -0.4 is 9.54 Å². The van der Waals surface area contributed by atoms with Gasteiger partial charge in [0, 0.05) is 5.02 Å². The monoisotopic (exact) mass is 418 g/mol. The van der Waals surface area contributed by atoms with E-state index in [1.54, 1.807) is 41.8 Å². The van der Waals surface area contributed by atoms with Crippen LogP contribution in [-0.4, -0.2) is 29.7 Å². The molecule has 3 aromatic rings. The SMILES string of the molecule is CCOC(=O)Cn1c(=NC(=O)COc2ccc(C)cc2)sc2cc(Cl)ccc21. The van der Waals surface area contributed by atoms with Crippen LogP contribution in [-0.2, 0) is 20.9 Å². The summed E-state index contributed by atoms with van der Waals surface area (Å²) in [5.74, 6) is -0.255. The first-order valence-corrected chi connectivity index (χ1v) is 9.87. The van der Waals surface area contributed by atoms with Gasteiger partial charge in [0.25, 0.3) is 5.91 Å². The minimum Gasteiger partial charge on any atom is -0.484 e. The van der Waals surface area contributed by atoms with Gasteiger partial charge in [-0.3, -0.25) is 9.59 Å². The van der Waals surface area contributed by atoms with E-state index in [-0.39, 0.29) is 19.8 Å². The lowest BCUT2D eigenvalue weighted by molar-refractivity contribution is -0.143. The Hall–Kier alpha value is -2.64. The number of rotatable bonds is 6. The van der Waals surface area contributed by atoms with E-state index in [0.29, 0.717) is 15.6 Å². The van der Waals surface area contributed by atoms with Crippen LogP contribution in [0.5, 0.6) is 5.75 Å². The molecule has 0 saturated carbocycles. The van der Waals surface area contributed by atoms with Gasteiger partial charge in [-0.05, 0) is 44.2 Å². The van der Waals surface area contributed by atoms with E-state index in [4.69, 9.17) is 21.1 Å². The van der Waals surface area contributed by atoms with Crippen LogP contribution in [0.25, 0.3) is 10.2 Å². The number of nitrogens with zero attached hydrogens (tertiary/aromatic N) is 2. The van der Waals surface area contributed by atoms with E-state index in [9.17, 15) is 9.59 Å². The van der Waals surface area contributed by atoms with E-state index in [0.717, 1.165) is 15.8 Å². The topological polar surface area (TPSA) is 69.9 Å².